The van der Waals surface area contributed by atoms with Crippen LogP contribution in [-0.4, -0.2) is 41.9 Å². The van der Waals surface area contributed by atoms with E-state index in [0.29, 0.717) is 30.5 Å². The van der Waals surface area contributed by atoms with Crippen LogP contribution in [0.5, 0.6) is 0 Å². The van der Waals surface area contributed by atoms with E-state index in [1.165, 1.54) is 19.3 Å². The maximum absolute atomic E-state index is 12.7. The third-order valence-corrected chi connectivity index (χ3v) is 5.92. The van der Waals surface area contributed by atoms with Gasteiger partial charge in [0.25, 0.3) is 0 Å². The van der Waals surface area contributed by atoms with Gasteiger partial charge < -0.3 is 16.0 Å². The van der Waals surface area contributed by atoms with Gasteiger partial charge in [0.15, 0.2) is 0 Å². The van der Waals surface area contributed by atoms with Crippen LogP contribution >= 0.6 is 12.4 Å². The van der Waals surface area contributed by atoms with Crippen molar-refractivity contribution in [3.63, 3.8) is 0 Å². The average molecular weight is 344 g/mol. The van der Waals surface area contributed by atoms with Gasteiger partial charge in [-0.3, -0.25) is 9.59 Å². The predicted molar refractivity (Wildman–Crippen MR) is 92.2 cm³/mol. The Morgan fingerprint density at radius 2 is 1.74 bits per heavy atom. The number of halogens is 1. The lowest BCUT2D eigenvalue weighted by atomic mass is 9.67. The first kappa shape index (κ1) is 18.5. The number of rotatable bonds is 2. The Labute approximate surface area is 145 Å². The Morgan fingerprint density at radius 3 is 2.35 bits per heavy atom. The van der Waals surface area contributed by atoms with Gasteiger partial charge in [0.05, 0.1) is 5.92 Å². The highest BCUT2D eigenvalue weighted by Crippen LogP contribution is 2.39. The number of nitrogens with one attached hydrogen (secondary N) is 1. The largest absolute Gasteiger partial charge is 0.353 e. The number of piperidine rings is 1. The summed E-state index contributed by atoms with van der Waals surface area (Å²) in [6.45, 7) is 2.97. The predicted octanol–water partition coefficient (Wildman–Crippen LogP) is 1.69. The van der Waals surface area contributed by atoms with Crippen molar-refractivity contribution in [3.05, 3.63) is 0 Å². The molecule has 1 saturated heterocycles. The van der Waals surface area contributed by atoms with Crippen LogP contribution in [-0.2, 0) is 9.59 Å². The van der Waals surface area contributed by atoms with E-state index in [1.54, 1.807) is 6.92 Å². The molecule has 0 aromatic carbocycles. The van der Waals surface area contributed by atoms with Gasteiger partial charge in [-0.2, -0.15) is 0 Å². The molecule has 0 spiro atoms. The highest BCUT2D eigenvalue weighted by molar-refractivity contribution is 5.85. The highest BCUT2D eigenvalue weighted by atomic mass is 35.5. The van der Waals surface area contributed by atoms with Crippen molar-refractivity contribution >= 4 is 24.2 Å². The maximum Gasteiger partial charge on any atom is 0.225 e. The van der Waals surface area contributed by atoms with Gasteiger partial charge in [-0.15, -0.1) is 12.4 Å². The van der Waals surface area contributed by atoms with Crippen molar-refractivity contribution in [2.45, 2.75) is 64.0 Å². The van der Waals surface area contributed by atoms with Crippen LogP contribution in [0.2, 0.25) is 0 Å². The van der Waals surface area contributed by atoms with E-state index in [2.05, 4.69) is 5.32 Å². The first-order chi connectivity index (χ1) is 10.5. The molecular formula is C17H30ClN3O2. The normalized spacial score (nSPS) is 36.8. The smallest absolute Gasteiger partial charge is 0.225 e. The molecule has 3 aliphatic rings. The zero-order chi connectivity index (χ0) is 15.7. The van der Waals surface area contributed by atoms with Crippen molar-refractivity contribution in [1.29, 1.82) is 0 Å². The Bertz CT molecular complexity index is 432. The van der Waals surface area contributed by atoms with Crippen molar-refractivity contribution in [2.75, 3.05) is 13.1 Å². The maximum atomic E-state index is 12.7. The molecule has 132 valence electrons. The van der Waals surface area contributed by atoms with E-state index in [1.807, 2.05) is 4.90 Å². The summed E-state index contributed by atoms with van der Waals surface area (Å²) in [5.74, 6) is 1.31. The van der Waals surface area contributed by atoms with Crippen LogP contribution in [0.25, 0.3) is 0 Å². The molecule has 2 saturated carbocycles. The molecule has 3 fully saturated rings. The number of hydrogen-bond donors (Lipinski definition) is 2. The molecule has 3 rings (SSSR count). The van der Waals surface area contributed by atoms with E-state index < -0.39 is 0 Å². The van der Waals surface area contributed by atoms with Crippen LogP contribution in [0.15, 0.2) is 0 Å². The number of nitrogens with two attached hydrogens (primary N) is 1. The number of likely N-dealkylation sites (tertiary alicyclic amines) is 1. The van der Waals surface area contributed by atoms with Gasteiger partial charge >= 0.3 is 0 Å². The summed E-state index contributed by atoms with van der Waals surface area (Å²) in [6.07, 6.45) is 7.59. The minimum atomic E-state index is -0.0334. The minimum Gasteiger partial charge on any atom is -0.353 e. The van der Waals surface area contributed by atoms with Crippen LogP contribution < -0.4 is 11.1 Å². The topological polar surface area (TPSA) is 75.4 Å². The van der Waals surface area contributed by atoms with Crippen LogP contribution in [0.4, 0.5) is 0 Å². The second-order valence-electron chi connectivity index (χ2n) is 7.52. The lowest BCUT2D eigenvalue weighted by Crippen LogP contribution is -2.56. The van der Waals surface area contributed by atoms with E-state index >= 15 is 0 Å². The fourth-order valence-electron chi connectivity index (χ4n) is 4.78. The Morgan fingerprint density at radius 1 is 1.09 bits per heavy atom. The molecule has 5 nitrogen and oxygen atoms in total. The van der Waals surface area contributed by atoms with Crippen molar-refractivity contribution in [1.82, 2.24) is 10.2 Å². The second kappa shape index (κ2) is 7.84. The zero-order valence-corrected chi connectivity index (χ0v) is 14.8. The molecule has 6 heteroatoms. The quantitative estimate of drug-likeness (QED) is 0.801. The van der Waals surface area contributed by atoms with Crippen LogP contribution in [0, 0.1) is 17.8 Å². The average Bonchev–Trinajstić information content (AvgIpc) is 2.48. The van der Waals surface area contributed by atoms with Gasteiger partial charge in [0.2, 0.25) is 11.8 Å². The molecule has 2 amide bonds. The van der Waals surface area contributed by atoms with Gasteiger partial charge in [-0.25, -0.2) is 0 Å². The summed E-state index contributed by atoms with van der Waals surface area (Å²) in [6, 6.07) is 0.625. The van der Waals surface area contributed by atoms with E-state index in [4.69, 9.17) is 5.73 Å². The molecule has 0 radical (unpaired) electrons. The number of fused-ring (bicyclic) bond motifs is 2. The van der Waals surface area contributed by atoms with Crippen LogP contribution in [0.3, 0.4) is 0 Å². The zero-order valence-electron chi connectivity index (χ0n) is 14.0. The Kier molecular flexibility index (Phi) is 6.32. The van der Waals surface area contributed by atoms with Crippen molar-refractivity contribution < 1.29 is 9.59 Å². The molecule has 0 aromatic heterocycles. The standard InChI is InChI=1S/C17H29N3O2.ClH/c1-11(21)20-7-3-6-14(10-20)17(22)19-16-12-4-2-5-13(16)9-15(18)8-12;/h12-16H,2-10,18H2,1H3,(H,19,22);1H. The first-order valence-electron chi connectivity index (χ1n) is 8.86. The first-order valence-corrected chi connectivity index (χ1v) is 8.86. The number of carbonyl (C=O) groups excluding carboxylic acids is 2. The molecule has 1 aliphatic heterocycles. The molecule has 2 aliphatic carbocycles. The van der Waals surface area contributed by atoms with E-state index in [0.717, 1.165) is 32.2 Å². The van der Waals surface area contributed by atoms with Gasteiger partial charge in [0.1, 0.15) is 0 Å². The minimum absolute atomic E-state index is 0. The summed E-state index contributed by atoms with van der Waals surface area (Å²) < 4.78 is 0. The number of carbonyl (C=O) groups is 2. The fourth-order valence-corrected chi connectivity index (χ4v) is 4.78. The third-order valence-electron chi connectivity index (χ3n) is 5.92. The Hall–Kier alpha value is -0.810. The molecule has 0 aromatic rings. The summed E-state index contributed by atoms with van der Waals surface area (Å²) in [4.78, 5) is 26.0. The molecule has 2 bridgehead atoms. The van der Waals surface area contributed by atoms with Gasteiger partial charge in [-0.1, -0.05) is 6.42 Å². The summed E-state index contributed by atoms with van der Waals surface area (Å²) in [5, 5.41) is 3.34. The van der Waals surface area contributed by atoms with Crippen molar-refractivity contribution in [3.8, 4) is 0 Å². The summed E-state index contributed by atoms with van der Waals surface area (Å²) in [7, 11) is 0. The number of hydrogen-bond acceptors (Lipinski definition) is 3. The monoisotopic (exact) mass is 343 g/mol. The fraction of sp³-hybridized carbons (Fsp3) is 0.882. The molecule has 3 N–H and O–H groups in total. The third kappa shape index (κ3) is 4.18. The molecule has 3 unspecified atom stereocenters. The Balaban J connectivity index is 0.00000192. The summed E-state index contributed by atoms with van der Waals surface area (Å²) in [5.41, 5.74) is 6.16. The van der Waals surface area contributed by atoms with Crippen molar-refractivity contribution in [2.24, 2.45) is 23.5 Å². The highest BCUT2D eigenvalue weighted by Gasteiger charge is 2.41. The lowest BCUT2D eigenvalue weighted by molar-refractivity contribution is -0.134. The number of amides is 2. The molecule has 23 heavy (non-hydrogen) atoms. The van der Waals surface area contributed by atoms with E-state index in [9.17, 15) is 9.59 Å². The molecule has 3 atom stereocenters. The lowest BCUT2D eigenvalue weighted by Gasteiger charge is -2.45. The SMILES string of the molecule is CC(=O)N1CCCC(C(=O)NC2C3CCCC2CC(N)C3)C1.Cl. The second-order valence-corrected chi connectivity index (χ2v) is 7.52. The number of nitrogens with zero attached hydrogens (tertiary/aromatic N) is 1. The summed E-state index contributed by atoms with van der Waals surface area (Å²) >= 11 is 0. The molecule has 1 heterocycles. The molecular weight excluding hydrogens is 314 g/mol. The van der Waals surface area contributed by atoms with Gasteiger partial charge in [0, 0.05) is 32.1 Å². The van der Waals surface area contributed by atoms with E-state index in [-0.39, 0.29) is 30.1 Å². The van der Waals surface area contributed by atoms with Gasteiger partial charge in [-0.05, 0) is 50.4 Å². The van der Waals surface area contributed by atoms with Crippen LogP contribution in [0.1, 0.15) is 51.9 Å².